The van der Waals surface area contributed by atoms with Gasteiger partial charge in [0.15, 0.2) is 0 Å². The molecule has 1 aliphatic rings. The number of aryl methyl sites for hydroxylation is 3. The van der Waals surface area contributed by atoms with Gasteiger partial charge in [0.2, 0.25) is 5.88 Å². The van der Waals surface area contributed by atoms with E-state index in [4.69, 9.17) is 4.74 Å². The molecule has 0 saturated heterocycles. The summed E-state index contributed by atoms with van der Waals surface area (Å²) < 4.78 is 10.1. The first-order valence-electron chi connectivity index (χ1n) is 11.1. The second kappa shape index (κ2) is 8.27. The number of fused-ring (bicyclic) bond motifs is 4. The fourth-order valence-electron chi connectivity index (χ4n) is 4.47. The first-order chi connectivity index (χ1) is 15.5. The third-order valence-corrected chi connectivity index (χ3v) is 6.15. The van der Waals surface area contributed by atoms with Gasteiger partial charge in [0, 0.05) is 38.1 Å². The zero-order valence-electron chi connectivity index (χ0n) is 19.1. The Hall–Kier alpha value is -3.39. The van der Waals surface area contributed by atoms with E-state index in [-0.39, 0.29) is 0 Å². The van der Waals surface area contributed by atoms with Crippen molar-refractivity contribution in [3.63, 3.8) is 0 Å². The lowest BCUT2D eigenvalue weighted by Crippen LogP contribution is -2.30. The van der Waals surface area contributed by atoms with Crippen molar-refractivity contribution in [2.24, 2.45) is 14.1 Å². The summed E-state index contributed by atoms with van der Waals surface area (Å²) in [4.78, 5) is 2.43. The molecule has 0 radical (unpaired) electrons. The van der Waals surface area contributed by atoms with Gasteiger partial charge in [-0.25, -0.2) is 4.68 Å². The Balaban J connectivity index is 1.67. The lowest BCUT2D eigenvalue weighted by atomic mass is 10.0. The summed E-state index contributed by atoms with van der Waals surface area (Å²) in [6, 6.07) is 6.41. The second-order valence-corrected chi connectivity index (χ2v) is 8.38. The van der Waals surface area contributed by atoms with Gasteiger partial charge < -0.3 is 4.74 Å². The minimum absolute atomic E-state index is 0.592. The number of benzene rings is 1. The SMILES string of the molecule is CCCN1CCOc2c(c(C)nn2C)/C=C/c2[nH]nc3ccc(cc23)-c2cnn(C)c2C1. The Morgan fingerprint density at radius 1 is 1.16 bits per heavy atom. The number of nitrogens with one attached hydrogen (secondary N) is 1. The lowest BCUT2D eigenvalue weighted by molar-refractivity contribution is 0.191. The zero-order valence-corrected chi connectivity index (χ0v) is 19.1. The molecule has 3 aromatic heterocycles. The van der Waals surface area contributed by atoms with Gasteiger partial charge in [0.25, 0.3) is 0 Å². The molecule has 166 valence electrons. The summed E-state index contributed by atoms with van der Waals surface area (Å²) in [5.41, 5.74) is 7.35. The van der Waals surface area contributed by atoms with Crippen molar-refractivity contribution >= 4 is 23.1 Å². The number of ether oxygens (including phenoxy) is 1. The highest BCUT2D eigenvalue weighted by Gasteiger charge is 2.18. The minimum Gasteiger partial charge on any atom is -0.476 e. The maximum absolute atomic E-state index is 6.25. The van der Waals surface area contributed by atoms with Crippen LogP contribution in [0.1, 0.15) is 36.0 Å². The fraction of sp³-hybridized carbons (Fsp3) is 0.375. The number of nitrogens with zero attached hydrogens (tertiary/aromatic N) is 6. The summed E-state index contributed by atoms with van der Waals surface area (Å²) in [6.45, 7) is 7.45. The van der Waals surface area contributed by atoms with Gasteiger partial charge in [-0.2, -0.15) is 15.3 Å². The largest absolute Gasteiger partial charge is 0.476 e. The van der Waals surface area contributed by atoms with Crippen LogP contribution in [0.5, 0.6) is 5.88 Å². The minimum atomic E-state index is 0.592. The second-order valence-electron chi connectivity index (χ2n) is 8.38. The Labute approximate surface area is 187 Å². The van der Waals surface area contributed by atoms with Gasteiger partial charge in [-0.05, 0) is 49.7 Å². The summed E-state index contributed by atoms with van der Waals surface area (Å²) in [5, 5.41) is 17.9. The molecular formula is C24H29N7O. The third-order valence-electron chi connectivity index (χ3n) is 6.15. The predicted molar refractivity (Wildman–Crippen MR) is 126 cm³/mol. The quantitative estimate of drug-likeness (QED) is 0.523. The summed E-state index contributed by atoms with van der Waals surface area (Å²) >= 11 is 0. The highest BCUT2D eigenvalue weighted by molar-refractivity contribution is 5.93. The van der Waals surface area contributed by atoms with Crippen LogP contribution in [0.25, 0.3) is 34.2 Å². The van der Waals surface area contributed by atoms with Gasteiger partial charge in [-0.15, -0.1) is 0 Å². The molecule has 0 unspecified atom stereocenters. The smallest absolute Gasteiger partial charge is 0.219 e. The summed E-state index contributed by atoms with van der Waals surface area (Å²) in [5.74, 6) is 0.788. The van der Waals surface area contributed by atoms with Crippen LogP contribution in [0.2, 0.25) is 0 Å². The van der Waals surface area contributed by atoms with E-state index in [1.165, 1.54) is 5.69 Å². The van der Waals surface area contributed by atoms with Crippen molar-refractivity contribution in [2.45, 2.75) is 26.8 Å². The first-order valence-corrected chi connectivity index (χ1v) is 11.1. The Bertz CT molecular complexity index is 1290. The molecule has 1 N–H and O–H groups in total. The molecule has 0 amide bonds. The van der Waals surface area contributed by atoms with Crippen LogP contribution in [0.4, 0.5) is 0 Å². The Kier molecular flexibility index (Phi) is 5.30. The van der Waals surface area contributed by atoms with E-state index < -0.39 is 0 Å². The zero-order chi connectivity index (χ0) is 22.2. The van der Waals surface area contributed by atoms with Crippen LogP contribution in [-0.4, -0.2) is 54.4 Å². The number of hydrogen-bond donors (Lipinski definition) is 1. The lowest BCUT2D eigenvalue weighted by Gasteiger charge is -2.22. The number of H-pyrrole nitrogens is 1. The number of rotatable bonds is 2. The number of aromatic amines is 1. The Morgan fingerprint density at radius 2 is 2.03 bits per heavy atom. The summed E-state index contributed by atoms with van der Waals surface area (Å²) in [7, 11) is 3.94. The normalized spacial score (nSPS) is 15.8. The predicted octanol–water partition coefficient (Wildman–Crippen LogP) is 3.78. The average molecular weight is 432 g/mol. The first kappa shape index (κ1) is 20.5. The molecule has 5 rings (SSSR count). The van der Waals surface area contributed by atoms with E-state index in [0.29, 0.717) is 6.61 Å². The van der Waals surface area contributed by atoms with E-state index in [2.05, 4.69) is 62.6 Å². The molecule has 4 heterocycles. The average Bonchev–Trinajstić information content (AvgIpc) is 3.42. The van der Waals surface area contributed by atoms with E-state index in [1.807, 2.05) is 36.6 Å². The van der Waals surface area contributed by atoms with Gasteiger partial charge >= 0.3 is 0 Å². The standard InChI is InChI=1S/C24H29N7O/c1-5-10-31-11-12-32-24-18(16(2)28-30(24)4)7-9-22-19-13-17(6-8-21(19)26-27-22)20-14-25-29(3)23(20)15-31/h6-9,13-14H,5,10-12,15H2,1-4H3,(H,26,27)/b9-7+. The monoisotopic (exact) mass is 431 g/mol. The molecule has 1 aromatic carbocycles. The molecule has 8 nitrogen and oxygen atoms in total. The van der Waals surface area contributed by atoms with E-state index in [9.17, 15) is 0 Å². The van der Waals surface area contributed by atoms with E-state index in [1.54, 1.807) is 0 Å². The molecule has 2 bridgehead atoms. The van der Waals surface area contributed by atoms with Crippen LogP contribution >= 0.6 is 0 Å². The van der Waals surface area contributed by atoms with Crippen LogP contribution in [0.15, 0.2) is 24.4 Å². The van der Waals surface area contributed by atoms with Crippen molar-refractivity contribution in [1.29, 1.82) is 0 Å². The van der Waals surface area contributed by atoms with Crippen LogP contribution in [0.3, 0.4) is 0 Å². The maximum atomic E-state index is 6.25. The topological polar surface area (TPSA) is 76.8 Å². The highest BCUT2D eigenvalue weighted by atomic mass is 16.5. The highest BCUT2D eigenvalue weighted by Crippen LogP contribution is 2.30. The van der Waals surface area contributed by atoms with Crippen molar-refractivity contribution in [1.82, 2.24) is 34.7 Å². The van der Waals surface area contributed by atoms with Gasteiger partial charge in [-0.1, -0.05) is 13.0 Å². The van der Waals surface area contributed by atoms with Gasteiger partial charge in [0.1, 0.15) is 6.61 Å². The van der Waals surface area contributed by atoms with Crippen molar-refractivity contribution in [2.75, 3.05) is 19.7 Å². The third kappa shape index (κ3) is 3.60. The van der Waals surface area contributed by atoms with Gasteiger partial charge in [-0.3, -0.25) is 14.7 Å². The number of hydrogen-bond acceptors (Lipinski definition) is 5. The van der Waals surface area contributed by atoms with E-state index >= 15 is 0 Å². The van der Waals surface area contributed by atoms with Crippen LogP contribution in [0, 0.1) is 6.92 Å². The molecule has 1 aliphatic heterocycles. The Morgan fingerprint density at radius 3 is 2.88 bits per heavy atom. The summed E-state index contributed by atoms with van der Waals surface area (Å²) in [6.07, 6.45) is 7.17. The number of aromatic nitrogens is 6. The fourth-order valence-corrected chi connectivity index (χ4v) is 4.47. The molecule has 32 heavy (non-hydrogen) atoms. The maximum Gasteiger partial charge on any atom is 0.219 e. The van der Waals surface area contributed by atoms with Crippen LogP contribution in [-0.2, 0) is 20.6 Å². The molecular weight excluding hydrogens is 402 g/mol. The van der Waals surface area contributed by atoms with Crippen molar-refractivity contribution in [3.8, 4) is 17.0 Å². The van der Waals surface area contributed by atoms with Crippen molar-refractivity contribution in [3.05, 3.63) is 47.0 Å². The molecule has 0 aliphatic carbocycles. The molecule has 0 saturated carbocycles. The molecule has 4 aromatic rings. The van der Waals surface area contributed by atoms with E-state index in [0.717, 1.165) is 70.9 Å². The molecule has 0 fully saturated rings. The molecule has 0 atom stereocenters. The van der Waals surface area contributed by atoms with Crippen molar-refractivity contribution < 1.29 is 4.74 Å². The molecule has 0 spiro atoms. The molecule has 8 heteroatoms. The van der Waals surface area contributed by atoms with Crippen LogP contribution < -0.4 is 4.74 Å². The van der Waals surface area contributed by atoms with Gasteiger partial charge in [0.05, 0.1) is 34.4 Å².